The Bertz CT molecular complexity index is 797. The maximum absolute atomic E-state index is 8.56. The van der Waals surface area contributed by atoms with Crippen LogP contribution in [0.1, 0.15) is 88.6 Å². The minimum atomic E-state index is 0.296. The number of rotatable bonds is 8. The Balaban J connectivity index is 0.00000190. The number of nitrogens with one attached hydrogen (secondary N) is 2. The van der Waals surface area contributed by atoms with Crippen LogP contribution in [0.2, 0.25) is 0 Å². The molecule has 1 aromatic carbocycles. The number of aromatic amines is 1. The van der Waals surface area contributed by atoms with Crippen LogP contribution in [0.3, 0.4) is 0 Å². The molecule has 0 saturated heterocycles. The van der Waals surface area contributed by atoms with Gasteiger partial charge in [0.05, 0.1) is 5.71 Å². The number of hydrogen-bond donors (Lipinski definition) is 2. The molecule has 4 heteroatoms. The number of hydrogen-bond acceptors (Lipinski definition) is 2. The zero-order valence-electron chi connectivity index (χ0n) is 18.4. The Morgan fingerprint density at radius 1 is 1.14 bits per heavy atom. The van der Waals surface area contributed by atoms with Crippen molar-refractivity contribution in [1.82, 2.24) is 9.97 Å². The second-order valence-electron chi connectivity index (χ2n) is 6.46. The lowest BCUT2D eigenvalue weighted by molar-refractivity contribution is 0.853. The third-order valence-electron chi connectivity index (χ3n) is 4.18. The Morgan fingerprint density at radius 2 is 1.86 bits per heavy atom. The zero-order chi connectivity index (χ0) is 20.9. The first-order valence-corrected chi connectivity index (χ1v) is 10.6. The fourth-order valence-electron chi connectivity index (χ4n) is 2.92. The average Bonchev–Trinajstić information content (AvgIpc) is 3.08. The molecule has 0 unspecified atom stereocenters. The van der Waals surface area contributed by atoms with Gasteiger partial charge in [0.25, 0.3) is 0 Å². The smallest absolute Gasteiger partial charge is 0.152 e. The minimum Gasteiger partial charge on any atom is -0.346 e. The van der Waals surface area contributed by atoms with Crippen molar-refractivity contribution in [3.63, 3.8) is 0 Å². The highest BCUT2D eigenvalue weighted by Crippen LogP contribution is 2.16. The first-order valence-electron chi connectivity index (χ1n) is 10.6. The second-order valence-corrected chi connectivity index (χ2v) is 6.46. The van der Waals surface area contributed by atoms with Crippen LogP contribution in [0.5, 0.6) is 0 Å². The van der Waals surface area contributed by atoms with E-state index in [0.717, 1.165) is 66.2 Å². The molecule has 0 amide bonds. The molecule has 1 aromatic heterocycles. The largest absolute Gasteiger partial charge is 0.346 e. The molecule has 0 saturated carbocycles. The Kier molecular flexibility index (Phi) is 10.8. The molecule has 2 aromatic rings. The molecule has 28 heavy (non-hydrogen) atoms. The van der Waals surface area contributed by atoms with Gasteiger partial charge < -0.3 is 4.98 Å². The maximum atomic E-state index is 8.56. The molecule has 0 atom stereocenters. The number of aryl methyl sites for hydroxylation is 2. The van der Waals surface area contributed by atoms with Crippen LogP contribution in [0.4, 0.5) is 0 Å². The van der Waals surface area contributed by atoms with E-state index in [1.165, 1.54) is 0 Å². The predicted octanol–water partition coefficient (Wildman–Crippen LogP) is 6.73. The molecule has 0 radical (unpaired) electrons. The molecule has 0 aliphatic rings. The van der Waals surface area contributed by atoms with Crippen molar-refractivity contribution in [2.24, 2.45) is 4.99 Å². The Hall–Kier alpha value is -2.49. The van der Waals surface area contributed by atoms with Crippen molar-refractivity contribution in [1.29, 1.82) is 5.41 Å². The summed E-state index contributed by atoms with van der Waals surface area (Å²) >= 11 is 0. The minimum absolute atomic E-state index is 0.296. The van der Waals surface area contributed by atoms with Crippen molar-refractivity contribution in [2.45, 2.75) is 73.6 Å². The summed E-state index contributed by atoms with van der Waals surface area (Å²) in [6, 6.07) is 7.95. The molecule has 1 heterocycles. The molecule has 0 aliphatic heterocycles. The van der Waals surface area contributed by atoms with Crippen LogP contribution in [0, 0.1) is 12.3 Å². The fraction of sp³-hybridized carbons (Fsp3) is 0.458. The summed E-state index contributed by atoms with van der Waals surface area (Å²) < 4.78 is 0. The Morgan fingerprint density at radius 3 is 2.50 bits per heavy atom. The van der Waals surface area contributed by atoms with Gasteiger partial charge in [-0.2, -0.15) is 0 Å². The summed E-state index contributed by atoms with van der Waals surface area (Å²) in [5.74, 6) is 1.30. The van der Waals surface area contributed by atoms with Crippen molar-refractivity contribution in [3.8, 4) is 0 Å². The lowest BCUT2D eigenvalue weighted by atomic mass is 10.1. The summed E-state index contributed by atoms with van der Waals surface area (Å²) in [7, 11) is 0. The number of aliphatic imine (C=N–C) groups is 1. The normalized spacial score (nSPS) is 11.4. The number of nitrogens with zero attached hydrogens (tertiary/aromatic N) is 2. The lowest BCUT2D eigenvalue weighted by Gasteiger charge is -2.07. The van der Waals surface area contributed by atoms with E-state index < -0.39 is 0 Å². The van der Waals surface area contributed by atoms with Gasteiger partial charge in [0.2, 0.25) is 0 Å². The summed E-state index contributed by atoms with van der Waals surface area (Å²) in [5, 5.41) is 8.56. The maximum Gasteiger partial charge on any atom is 0.152 e. The summed E-state index contributed by atoms with van der Waals surface area (Å²) in [6.45, 7) is 12.4. The summed E-state index contributed by atoms with van der Waals surface area (Å²) in [5.41, 5.74) is 4.72. The van der Waals surface area contributed by atoms with Crippen LogP contribution >= 0.6 is 0 Å². The van der Waals surface area contributed by atoms with E-state index in [-0.39, 0.29) is 0 Å². The molecule has 0 bridgehead atoms. The average molecular weight is 381 g/mol. The van der Waals surface area contributed by atoms with Crippen molar-refractivity contribution in [2.75, 3.05) is 0 Å². The molecule has 2 N–H and O–H groups in total. The van der Waals surface area contributed by atoms with Gasteiger partial charge in [0, 0.05) is 17.7 Å². The lowest BCUT2D eigenvalue weighted by Crippen LogP contribution is -2.09. The van der Waals surface area contributed by atoms with Crippen LogP contribution in [0.15, 0.2) is 35.3 Å². The van der Waals surface area contributed by atoms with E-state index in [0.29, 0.717) is 5.84 Å². The van der Waals surface area contributed by atoms with E-state index >= 15 is 0 Å². The van der Waals surface area contributed by atoms with Gasteiger partial charge in [0.1, 0.15) is 11.5 Å². The van der Waals surface area contributed by atoms with Crippen molar-refractivity contribution < 1.29 is 0 Å². The molecular weight excluding hydrogens is 344 g/mol. The van der Waals surface area contributed by atoms with Crippen LogP contribution in [-0.4, -0.2) is 21.5 Å². The third-order valence-corrected chi connectivity index (χ3v) is 4.18. The highest BCUT2D eigenvalue weighted by Gasteiger charge is 2.14. The molecule has 0 aliphatic carbocycles. The topological polar surface area (TPSA) is 64.9 Å². The van der Waals surface area contributed by atoms with Gasteiger partial charge in [0.15, 0.2) is 5.84 Å². The Labute approximate surface area is 170 Å². The van der Waals surface area contributed by atoms with E-state index in [4.69, 9.17) is 15.4 Å². The zero-order valence-corrected chi connectivity index (χ0v) is 18.4. The van der Waals surface area contributed by atoms with Gasteiger partial charge in [-0.1, -0.05) is 77.5 Å². The quantitative estimate of drug-likeness (QED) is 0.387. The van der Waals surface area contributed by atoms with Crippen LogP contribution in [0.25, 0.3) is 6.08 Å². The summed E-state index contributed by atoms with van der Waals surface area (Å²) in [4.78, 5) is 12.8. The van der Waals surface area contributed by atoms with Crippen molar-refractivity contribution >= 4 is 17.6 Å². The number of amidine groups is 1. The van der Waals surface area contributed by atoms with E-state index in [1.54, 1.807) is 0 Å². The highest BCUT2D eigenvalue weighted by molar-refractivity contribution is 6.12. The van der Waals surface area contributed by atoms with Crippen LogP contribution in [-0.2, 0) is 6.42 Å². The first-order chi connectivity index (χ1) is 13.6. The van der Waals surface area contributed by atoms with Crippen molar-refractivity contribution in [3.05, 3.63) is 58.7 Å². The highest BCUT2D eigenvalue weighted by atomic mass is 15.0. The van der Waals surface area contributed by atoms with Crippen LogP contribution < -0.4 is 0 Å². The number of H-pyrrole nitrogens is 1. The van der Waals surface area contributed by atoms with Gasteiger partial charge >= 0.3 is 0 Å². The third kappa shape index (κ3) is 6.59. The first kappa shape index (κ1) is 23.5. The van der Waals surface area contributed by atoms with Gasteiger partial charge in [-0.3, -0.25) is 5.41 Å². The van der Waals surface area contributed by atoms with E-state index in [1.807, 2.05) is 45.0 Å². The molecular formula is C24H36N4. The predicted molar refractivity (Wildman–Crippen MR) is 123 cm³/mol. The number of aromatic nitrogens is 2. The molecule has 152 valence electrons. The molecule has 2 rings (SSSR count). The number of benzene rings is 1. The SMILES string of the molecule is CC.CC/C=C\c1ccccc1C(=N)N=C(CCC)c1nc(CCC)[nH]c1C. The monoisotopic (exact) mass is 380 g/mol. The van der Waals surface area contributed by atoms with E-state index in [9.17, 15) is 0 Å². The molecule has 4 nitrogen and oxygen atoms in total. The van der Waals surface area contributed by atoms with E-state index in [2.05, 4.69) is 37.9 Å². The van der Waals surface area contributed by atoms with Gasteiger partial charge in [-0.05, 0) is 31.7 Å². The number of allylic oxidation sites excluding steroid dienone is 1. The van der Waals surface area contributed by atoms with Gasteiger partial charge in [-0.25, -0.2) is 9.98 Å². The molecule has 0 fully saturated rings. The van der Waals surface area contributed by atoms with Gasteiger partial charge in [-0.15, -0.1) is 0 Å². The number of imidazole rings is 1. The standard InChI is InChI=1S/C22H30N4.C2H6/c1-5-8-13-17-14-9-10-15-18(17)22(23)25-19(11-6-2)21-16(4)24-20(26-21)12-7-3;1-2/h8-10,13-15,23H,5-7,11-12H2,1-4H3,(H,24,26);1-2H3/b13-8-,23-22?,25-19?;. The second kappa shape index (κ2) is 12.8. The molecule has 0 spiro atoms. The summed E-state index contributed by atoms with van der Waals surface area (Å²) in [6.07, 6.45) is 8.92. The fourth-order valence-corrected chi connectivity index (χ4v) is 2.92.